The third kappa shape index (κ3) is 4.55. The molecule has 0 spiro atoms. The number of hydrogen-bond acceptors (Lipinski definition) is 3. The highest BCUT2D eigenvalue weighted by Crippen LogP contribution is 2.34. The molecule has 0 aliphatic rings. The molecule has 0 fully saturated rings. The van der Waals surface area contributed by atoms with Crippen LogP contribution in [0.3, 0.4) is 0 Å². The summed E-state index contributed by atoms with van der Waals surface area (Å²) in [6, 6.07) is 13.8. The van der Waals surface area contributed by atoms with E-state index in [4.69, 9.17) is 11.6 Å². The molecule has 0 aliphatic heterocycles. The van der Waals surface area contributed by atoms with E-state index in [1.54, 1.807) is 11.3 Å². The van der Waals surface area contributed by atoms with Gasteiger partial charge in [-0.15, -0.1) is 11.3 Å². The first-order valence-electron chi connectivity index (χ1n) is 7.04. The van der Waals surface area contributed by atoms with E-state index >= 15 is 0 Å². The van der Waals surface area contributed by atoms with Crippen molar-refractivity contribution < 1.29 is 5.11 Å². The number of aliphatic hydroxyl groups is 1. The molecule has 0 saturated heterocycles. The van der Waals surface area contributed by atoms with Gasteiger partial charge in [-0.3, -0.25) is 0 Å². The normalized spacial score (nSPS) is 13.6. The first-order valence-corrected chi connectivity index (χ1v) is 8.24. The molecule has 2 aromatic rings. The Morgan fingerprint density at radius 1 is 1.19 bits per heavy atom. The monoisotopic (exact) mass is 323 g/mol. The number of thiophene rings is 1. The molecule has 2 nitrogen and oxygen atoms in total. The summed E-state index contributed by atoms with van der Waals surface area (Å²) in [5.74, 6) is 0. The van der Waals surface area contributed by atoms with E-state index in [2.05, 4.69) is 31.9 Å². The molecule has 2 rings (SSSR count). The molecule has 1 atom stereocenters. The first-order chi connectivity index (χ1) is 9.88. The maximum atomic E-state index is 10.6. The number of hydrogen-bond donors (Lipinski definition) is 1. The average molecular weight is 324 g/mol. The Kier molecular flexibility index (Phi) is 5.44. The van der Waals surface area contributed by atoms with Crippen LogP contribution in [0.25, 0.3) is 0 Å². The number of nitrogens with zero attached hydrogens (tertiary/aromatic N) is 1. The van der Waals surface area contributed by atoms with Crippen molar-refractivity contribution in [2.75, 3.05) is 13.6 Å². The van der Waals surface area contributed by atoms with Gasteiger partial charge in [0.1, 0.15) is 0 Å². The molecule has 0 saturated carbocycles. The van der Waals surface area contributed by atoms with Gasteiger partial charge in [-0.1, -0.05) is 55.8 Å². The Labute approximate surface area is 136 Å². The fraction of sp³-hybridized carbons (Fsp3) is 0.412. The fourth-order valence-corrected chi connectivity index (χ4v) is 3.80. The molecule has 21 heavy (non-hydrogen) atoms. The maximum absolute atomic E-state index is 10.6. The minimum Gasteiger partial charge on any atom is -0.388 e. The molecule has 0 aliphatic carbocycles. The third-order valence-electron chi connectivity index (χ3n) is 3.59. The summed E-state index contributed by atoms with van der Waals surface area (Å²) in [6.45, 7) is 5.85. The lowest BCUT2D eigenvalue weighted by atomic mass is 9.82. The van der Waals surface area contributed by atoms with Gasteiger partial charge >= 0.3 is 0 Å². The van der Waals surface area contributed by atoms with Crippen LogP contribution in [0.5, 0.6) is 0 Å². The first kappa shape index (κ1) is 16.5. The third-order valence-corrected chi connectivity index (χ3v) is 4.80. The van der Waals surface area contributed by atoms with E-state index in [0.717, 1.165) is 23.0 Å². The summed E-state index contributed by atoms with van der Waals surface area (Å²) >= 11 is 7.58. The van der Waals surface area contributed by atoms with Crippen LogP contribution < -0.4 is 0 Å². The number of aliphatic hydroxyl groups excluding tert-OH is 1. The molecular formula is C17H22ClNOS. The van der Waals surface area contributed by atoms with Crippen molar-refractivity contribution in [2.24, 2.45) is 5.41 Å². The Balaban J connectivity index is 1.99. The lowest BCUT2D eigenvalue weighted by Gasteiger charge is -2.34. The molecule has 4 heteroatoms. The summed E-state index contributed by atoms with van der Waals surface area (Å²) in [4.78, 5) is 3.47. The van der Waals surface area contributed by atoms with Crippen molar-refractivity contribution >= 4 is 22.9 Å². The maximum Gasteiger partial charge on any atom is 0.0931 e. The predicted octanol–water partition coefficient (Wildman–Crippen LogP) is 4.59. The van der Waals surface area contributed by atoms with E-state index in [0.29, 0.717) is 0 Å². The molecule has 1 unspecified atom stereocenters. The SMILES string of the molecule is CN(Cc1ccc(Cl)s1)CC(C)(C)C(O)c1ccccc1. The van der Waals surface area contributed by atoms with Gasteiger partial charge in [-0.05, 0) is 24.7 Å². The average Bonchev–Trinajstić information content (AvgIpc) is 2.83. The van der Waals surface area contributed by atoms with E-state index in [1.807, 2.05) is 36.4 Å². The predicted molar refractivity (Wildman–Crippen MR) is 90.8 cm³/mol. The molecule has 1 N–H and O–H groups in total. The molecule has 114 valence electrons. The van der Waals surface area contributed by atoms with Gasteiger partial charge in [0.25, 0.3) is 0 Å². The molecule has 0 radical (unpaired) electrons. The minimum absolute atomic E-state index is 0.225. The number of rotatable bonds is 6. The standard InChI is InChI=1S/C17H22ClNOS/c1-17(2,16(20)13-7-5-4-6-8-13)12-19(3)11-14-9-10-15(18)21-14/h4-10,16,20H,11-12H2,1-3H3. The second-order valence-electron chi connectivity index (χ2n) is 6.18. The van der Waals surface area contributed by atoms with Crippen LogP contribution in [0.2, 0.25) is 4.34 Å². The molecule has 1 heterocycles. The highest BCUT2D eigenvalue weighted by atomic mass is 35.5. The number of halogens is 1. The number of benzene rings is 1. The van der Waals surface area contributed by atoms with E-state index < -0.39 is 6.10 Å². The van der Waals surface area contributed by atoms with Gasteiger partial charge in [0, 0.05) is 23.4 Å². The van der Waals surface area contributed by atoms with Gasteiger partial charge in [0.2, 0.25) is 0 Å². The summed E-state index contributed by atoms with van der Waals surface area (Å²) in [6.07, 6.45) is -0.479. The smallest absolute Gasteiger partial charge is 0.0931 e. The zero-order valence-electron chi connectivity index (χ0n) is 12.7. The van der Waals surface area contributed by atoms with Crippen molar-refractivity contribution in [3.05, 3.63) is 57.2 Å². The highest BCUT2D eigenvalue weighted by molar-refractivity contribution is 7.16. The zero-order chi connectivity index (χ0) is 15.5. The zero-order valence-corrected chi connectivity index (χ0v) is 14.3. The van der Waals surface area contributed by atoms with Crippen LogP contribution in [0.15, 0.2) is 42.5 Å². The molecular weight excluding hydrogens is 302 g/mol. The van der Waals surface area contributed by atoms with Crippen molar-refractivity contribution in [3.63, 3.8) is 0 Å². The lowest BCUT2D eigenvalue weighted by Crippen LogP contribution is -2.35. The van der Waals surface area contributed by atoms with Gasteiger partial charge in [-0.25, -0.2) is 0 Å². The van der Waals surface area contributed by atoms with Gasteiger partial charge in [0.05, 0.1) is 10.4 Å². The minimum atomic E-state index is -0.479. The largest absolute Gasteiger partial charge is 0.388 e. The lowest BCUT2D eigenvalue weighted by molar-refractivity contribution is 0.0245. The van der Waals surface area contributed by atoms with Crippen LogP contribution in [0.4, 0.5) is 0 Å². The Bertz CT molecular complexity index is 567. The molecule has 0 amide bonds. The second-order valence-corrected chi connectivity index (χ2v) is 7.98. The van der Waals surface area contributed by atoms with E-state index in [1.165, 1.54) is 4.88 Å². The van der Waals surface area contributed by atoms with Crippen LogP contribution in [0.1, 0.15) is 30.4 Å². The molecule has 1 aromatic carbocycles. The van der Waals surface area contributed by atoms with Crippen molar-refractivity contribution in [1.82, 2.24) is 4.90 Å². The topological polar surface area (TPSA) is 23.5 Å². The van der Waals surface area contributed by atoms with Gasteiger partial charge in [0.15, 0.2) is 0 Å². The Morgan fingerprint density at radius 3 is 2.43 bits per heavy atom. The molecule has 1 aromatic heterocycles. The summed E-state index contributed by atoms with van der Waals surface area (Å²) in [5.41, 5.74) is 0.743. The van der Waals surface area contributed by atoms with Gasteiger partial charge < -0.3 is 10.0 Å². The van der Waals surface area contributed by atoms with Crippen LogP contribution in [0, 0.1) is 5.41 Å². The summed E-state index contributed by atoms with van der Waals surface area (Å²) in [7, 11) is 2.08. The Morgan fingerprint density at radius 2 is 1.86 bits per heavy atom. The second kappa shape index (κ2) is 6.93. The van der Waals surface area contributed by atoms with Crippen LogP contribution in [-0.4, -0.2) is 23.6 Å². The van der Waals surface area contributed by atoms with Crippen molar-refractivity contribution in [2.45, 2.75) is 26.5 Å². The van der Waals surface area contributed by atoms with Crippen LogP contribution in [-0.2, 0) is 6.54 Å². The summed E-state index contributed by atoms with van der Waals surface area (Å²) in [5, 5.41) is 10.6. The summed E-state index contributed by atoms with van der Waals surface area (Å²) < 4.78 is 0.821. The van der Waals surface area contributed by atoms with Crippen molar-refractivity contribution in [3.8, 4) is 0 Å². The quantitative estimate of drug-likeness (QED) is 0.840. The van der Waals surface area contributed by atoms with E-state index in [-0.39, 0.29) is 5.41 Å². The fourth-order valence-electron chi connectivity index (χ4n) is 2.63. The van der Waals surface area contributed by atoms with Crippen molar-refractivity contribution in [1.29, 1.82) is 0 Å². The van der Waals surface area contributed by atoms with Crippen LogP contribution >= 0.6 is 22.9 Å². The highest BCUT2D eigenvalue weighted by Gasteiger charge is 2.30. The van der Waals surface area contributed by atoms with E-state index in [9.17, 15) is 5.11 Å². The molecule has 0 bridgehead atoms. The Hall–Kier alpha value is -0.870. The van der Waals surface area contributed by atoms with Gasteiger partial charge in [-0.2, -0.15) is 0 Å².